The molecule has 106 valence electrons. The molecule has 2 aromatic heterocycles. The second-order valence-corrected chi connectivity index (χ2v) is 6.20. The minimum absolute atomic E-state index is 0.664. The number of nitrogens with zero attached hydrogens (tertiary/aromatic N) is 3. The van der Waals surface area contributed by atoms with Crippen molar-refractivity contribution in [1.82, 2.24) is 15.0 Å². The maximum absolute atomic E-state index is 4.68. The van der Waals surface area contributed by atoms with E-state index in [0.717, 1.165) is 44.6 Å². The van der Waals surface area contributed by atoms with Gasteiger partial charge in [-0.3, -0.25) is 4.98 Å². The molecule has 0 amide bonds. The van der Waals surface area contributed by atoms with E-state index in [1.54, 1.807) is 6.20 Å². The number of hydrogen-bond donors (Lipinski definition) is 1. The molecule has 0 fully saturated rings. The molecule has 0 aliphatic heterocycles. The highest BCUT2D eigenvalue weighted by Crippen LogP contribution is 2.27. The van der Waals surface area contributed by atoms with E-state index in [9.17, 15) is 0 Å². The molecule has 0 unspecified atom stereocenters. The molecule has 2 rings (SSSR count). The Kier molecular flexibility index (Phi) is 5.71. The molecule has 20 heavy (non-hydrogen) atoms. The van der Waals surface area contributed by atoms with Gasteiger partial charge in [0.25, 0.3) is 0 Å². The van der Waals surface area contributed by atoms with E-state index in [-0.39, 0.29) is 0 Å². The molecule has 2 heterocycles. The zero-order chi connectivity index (χ0) is 14.5. The van der Waals surface area contributed by atoms with Gasteiger partial charge in [0.1, 0.15) is 11.5 Å². The fraction of sp³-hybridized carbons (Fsp3) is 0.357. The van der Waals surface area contributed by atoms with Crippen LogP contribution < -0.4 is 5.32 Å². The molecular formula is C14H16BrIN4. The van der Waals surface area contributed by atoms with E-state index < -0.39 is 0 Å². The van der Waals surface area contributed by atoms with Crippen molar-refractivity contribution in [1.29, 1.82) is 0 Å². The van der Waals surface area contributed by atoms with Gasteiger partial charge < -0.3 is 5.32 Å². The van der Waals surface area contributed by atoms with Crippen LogP contribution in [-0.2, 0) is 6.42 Å². The number of pyridine rings is 1. The summed E-state index contributed by atoms with van der Waals surface area (Å²) in [6.07, 6.45) is 3.76. The van der Waals surface area contributed by atoms with E-state index in [4.69, 9.17) is 0 Å². The lowest BCUT2D eigenvalue weighted by molar-refractivity contribution is 0.865. The van der Waals surface area contributed by atoms with E-state index in [0.29, 0.717) is 5.82 Å². The summed E-state index contributed by atoms with van der Waals surface area (Å²) in [7, 11) is 0. The Bertz CT molecular complexity index is 576. The standard InChI is InChI=1S/C14H16BrIN4/c1-3-6-10-11(16)13(17-4-2)20-14(19-10)12-9(15)7-5-8-18-12/h5,7-8H,3-4,6H2,1-2H3,(H,17,19,20). The third-order valence-corrected chi connectivity index (χ3v) is 4.49. The fourth-order valence-corrected chi connectivity index (χ4v) is 2.97. The molecular weight excluding hydrogens is 431 g/mol. The van der Waals surface area contributed by atoms with Gasteiger partial charge in [-0.25, -0.2) is 9.97 Å². The molecule has 2 aromatic rings. The largest absolute Gasteiger partial charge is 0.369 e. The van der Waals surface area contributed by atoms with Crippen LogP contribution in [0.1, 0.15) is 26.0 Å². The van der Waals surface area contributed by atoms with Crippen molar-refractivity contribution in [3.8, 4) is 11.5 Å². The topological polar surface area (TPSA) is 50.7 Å². The first-order valence-corrected chi connectivity index (χ1v) is 8.45. The SMILES string of the molecule is CCCc1nc(-c2ncccc2Br)nc(NCC)c1I. The van der Waals surface area contributed by atoms with Crippen molar-refractivity contribution in [3.63, 3.8) is 0 Å². The number of aryl methyl sites for hydroxylation is 1. The van der Waals surface area contributed by atoms with Crippen LogP contribution in [0.15, 0.2) is 22.8 Å². The monoisotopic (exact) mass is 446 g/mol. The number of hydrogen-bond acceptors (Lipinski definition) is 4. The highest BCUT2D eigenvalue weighted by atomic mass is 127. The van der Waals surface area contributed by atoms with Gasteiger partial charge in [-0.05, 0) is 64.0 Å². The molecule has 0 aromatic carbocycles. The third-order valence-electron chi connectivity index (χ3n) is 2.72. The highest BCUT2D eigenvalue weighted by molar-refractivity contribution is 14.1. The summed E-state index contributed by atoms with van der Waals surface area (Å²) in [5, 5.41) is 3.30. The first-order valence-electron chi connectivity index (χ1n) is 6.58. The summed E-state index contributed by atoms with van der Waals surface area (Å²) in [5.74, 6) is 1.55. The Balaban J connectivity index is 2.56. The predicted molar refractivity (Wildman–Crippen MR) is 93.8 cm³/mol. The quantitative estimate of drug-likeness (QED) is 0.696. The van der Waals surface area contributed by atoms with Crippen LogP contribution in [0, 0.1) is 3.57 Å². The smallest absolute Gasteiger partial charge is 0.181 e. The van der Waals surface area contributed by atoms with Crippen LogP contribution in [0.25, 0.3) is 11.5 Å². The summed E-state index contributed by atoms with van der Waals surface area (Å²) in [6.45, 7) is 5.05. The Morgan fingerprint density at radius 1 is 1.30 bits per heavy atom. The number of nitrogens with one attached hydrogen (secondary N) is 1. The number of rotatable bonds is 5. The van der Waals surface area contributed by atoms with Crippen LogP contribution in [-0.4, -0.2) is 21.5 Å². The second kappa shape index (κ2) is 7.31. The van der Waals surface area contributed by atoms with E-state index in [1.807, 2.05) is 12.1 Å². The first-order chi connectivity index (χ1) is 9.67. The molecule has 0 spiro atoms. The maximum Gasteiger partial charge on any atom is 0.181 e. The van der Waals surface area contributed by atoms with Gasteiger partial charge in [0, 0.05) is 17.2 Å². The van der Waals surface area contributed by atoms with Gasteiger partial charge in [0.2, 0.25) is 0 Å². The van der Waals surface area contributed by atoms with E-state index >= 15 is 0 Å². The molecule has 1 N–H and O–H groups in total. The van der Waals surface area contributed by atoms with Gasteiger partial charge in [-0.1, -0.05) is 13.3 Å². The summed E-state index contributed by atoms with van der Waals surface area (Å²) < 4.78 is 2.01. The van der Waals surface area contributed by atoms with Crippen molar-refractivity contribution in [2.45, 2.75) is 26.7 Å². The summed E-state index contributed by atoms with van der Waals surface area (Å²) >= 11 is 5.83. The van der Waals surface area contributed by atoms with Gasteiger partial charge in [-0.15, -0.1) is 0 Å². The number of aromatic nitrogens is 3. The summed E-state index contributed by atoms with van der Waals surface area (Å²) in [6, 6.07) is 3.84. The summed E-state index contributed by atoms with van der Waals surface area (Å²) in [4.78, 5) is 13.7. The Morgan fingerprint density at radius 2 is 2.10 bits per heavy atom. The third kappa shape index (κ3) is 3.46. The molecule has 0 bridgehead atoms. The minimum atomic E-state index is 0.664. The van der Waals surface area contributed by atoms with Crippen molar-refractivity contribution in [2.24, 2.45) is 0 Å². The Hall–Kier alpha value is -0.760. The van der Waals surface area contributed by atoms with Gasteiger partial charge >= 0.3 is 0 Å². The average molecular weight is 447 g/mol. The van der Waals surface area contributed by atoms with E-state index in [2.05, 4.69) is 72.6 Å². The van der Waals surface area contributed by atoms with Crippen LogP contribution in [0.3, 0.4) is 0 Å². The van der Waals surface area contributed by atoms with Gasteiger partial charge in [0.05, 0.1) is 9.26 Å². The molecule has 4 nitrogen and oxygen atoms in total. The lowest BCUT2D eigenvalue weighted by Crippen LogP contribution is -2.08. The van der Waals surface area contributed by atoms with Crippen LogP contribution >= 0.6 is 38.5 Å². The minimum Gasteiger partial charge on any atom is -0.369 e. The van der Waals surface area contributed by atoms with Crippen LogP contribution in [0.4, 0.5) is 5.82 Å². The molecule has 0 aliphatic carbocycles. The van der Waals surface area contributed by atoms with Crippen LogP contribution in [0.2, 0.25) is 0 Å². The second-order valence-electron chi connectivity index (χ2n) is 4.27. The predicted octanol–water partition coefficient (Wildman–Crippen LogP) is 4.29. The Labute approximate surface area is 141 Å². The highest BCUT2D eigenvalue weighted by Gasteiger charge is 2.15. The number of halogens is 2. The van der Waals surface area contributed by atoms with Crippen molar-refractivity contribution < 1.29 is 0 Å². The lowest BCUT2D eigenvalue weighted by atomic mass is 10.2. The maximum atomic E-state index is 4.68. The van der Waals surface area contributed by atoms with Crippen molar-refractivity contribution in [3.05, 3.63) is 32.1 Å². The molecule has 0 saturated heterocycles. The molecule has 0 radical (unpaired) electrons. The molecule has 0 saturated carbocycles. The van der Waals surface area contributed by atoms with Gasteiger partial charge in [-0.2, -0.15) is 0 Å². The normalized spacial score (nSPS) is 10.6. The van der Waals surface area contributed by atoms with Crippen molar-refractivity contribution >= 4 is 44.3 Å². The van der Waals surface area contributed by atoms with Crippen molar-refractivity contribution in [2.75, 3.05) is 11.9 Å². The zero-order valence-corrected chi connectivity index (χ0v) is 15.2. The van der Waals surface area contributed by atoms with Gasteiger partial charge in [0.15, 0.2) is 5.82 Å². The fourth-order valence-electron chi connectivity index (χ4n) is 1.84. The number of anilines is 1. The first kappa shape index (κ1) is 15.6. The molecule has 0 atom stereocenters. The van der Waals surface area contributed by atoms with E-state index in [1.165, 1.54) is 0 Å². The summed E-state index contributed by atoms with van der Waals surface area (Å²) in [5.41, 5.74) is 1.85. The molecule has 0 aliphatic rings. The Morgan fingerprint density at radius 3 is 2.75 bits per heavy atom. The van der Waals surface area contributed by atoms with Crippen LogP contribution in [0.5, 0.6) is 0 Å². The zero-order valence-electron chi connectivity index (χ0n) is 11.5. The molecule has 6 heteroatoms. The average Bonchev–Trinajstić information content (AvgIpc) is 2.44. The lowest BCUT2D eigenvalue weighted by Gasteiger charge is -2.12.